The van der Waals surface area contributed by atoms with Crippen LogP contribution in [0.15, 0.2) is 54.6 Å². The summed E-state index contributed by atoms with van der Waals surface area (Å²) in [6.07, 6.45) is 3.54. The summed E-state index contributed by atoms with van der Waals surface area (Å²) in [5.74, 6) is 0.00386. The van der Waals surface area contributed by atoms with Crippen LogP contribution in [0.1, 0.15) is 28.4 Å². The number of rotatable bonds is 5. The molecule has 0 fully saturated rings. The van der Waals surface area contributed by atoms with Crippen molar-refractivity contribution in [2.75, 3.05) is 0 Å². The van der Waals surface area contributed by atoms with Gasteiger partial charge in [-0.2, -0.15) is 0 Å². The summed E-state index contributed by atoms with van der Waals surface area (Å²) in [6.45, 7) is 1.50. The van der Waals surface area contributed by atoms with Crippen molar-refractivity contribution in [2.24, 2.45) is 0 Å². The maximum atomic E-state index is 12.3. The molecule has 0 aliphatic carbocycles. The van der Waals surface area contributed by atoms with E-state index in [4.69, 9.17) is 11.6 Å². The van der Waals surface area contributed by atoms with Gasteiger partial charge in [0.15, 0.2) is 11.6 Å². The lowest BCUT2D eigenvalue weighted by Gasteiger charge is -2.06. The van der Waals surface area contributed by atoms with Crippen molar-refractivity contribution in [3.63, 3.8) is 0 Å². The van der Waals surface area contributed by atoms with Crippen LogP contribution in [0, 0.1) is 0 Å². The van der Waals surface area contributed by atoms with Crippen LogP contribution in [0.2, 0.25) is 5.02 Å². The molecule has 2 rings (SSSR count). The Morgan fingerprint density at radius 2 is 1.71 bits per heavy atom. The molecule has 3 heteroatoms. The van der Waals surface area contributed by atoms with E-state index in [9.17, 15) is 9.59 Å². The van der Waals surface area contributed by atoms with Crippen molar-refractivity contribution in [1.82, 2.24) is 0 Å². The van der Waals surface area contributed by atoms with Crippen LogP contribution < -0.4 is 0 Å². The zero-order chi connectivity index (χ0) is 15.2. The molecule has 2 aromatic rings. The summed E-state index contributed by atoms with van der Waals surface area (Å²) in [6, 6.07) is 14.4. The lowest BCUT2D eigenvalue weighted by molar-refractivity contribution is -0.112. The minimum Gasteiger partial charge on any atom is -0.295 e. The predicted octanol–water partition coefficient (Wildman–Crippen LogP) is 4.37. The zero-order valence-corrected chi connectivity index (χ0v) is 12.4. The number of ketones is 2. The van der Waals surface area contributed by atoms with E-state index in [1.165, 1.54) is 13.0 Å². The smallest absolute Gasteiger partial charge is 0.167 e. The third kappa shape index (κ3) is 4.40. The number of halogens is 1. The largest absolute Gasteiger partial charge is 0.295 e. The van der Waals surface area contributed by atoms with E-state index >= 15 is 0 Å². The first kappa shape index (κ1) is 15.2. The summed E-state index contributed by atoms with van der Waals surface area (Å²) in [7, 11) is 0. The van der Waals surface area contributed by atoms with Gasteiger partial charge in [-0.1, -0.05) is 41.9 Å². The third-order valence-electron chi connectivity index (χ3n) is 3.07. The quantitative estimate of drug-likeness (QED) is 0.607. The van der Waals surface area contributed by atoms with E-state index in [1.807, 2.05) is 24.3 Å². The lowest BCUT2D eigenvalue weighted by Crippen LogP contribution is -2.04. The SMILES string of the molecule is CC(=O)/C=C/c1ccccc1CC(=O)c1ccc(Cl)cc1. The number of benzene rings is 2. The van der Waals surface area contributed by atoms with Crippen molar-refractivity contribution in [2.45, 2.75) is 13.3 Å². The second kappa shape index (κ2) is 7.00. The van der Waals surface area contributed by atoms with Crippen LogP contribution in [0.3, 0.4) is 0 Å². The van der Waals surface area contributed by atoms with Crippen LogP contribution in [-0.4, -0.2) is 11.6 Å². The van der Waals surface area contributed by atoms with Gasteiger partial charge in [0.25, 0.3) is 0 Å². The van der Waals surface area contributed by atoms with Crippen LogP contribution in [0.5, 0.6) is 0 Å². The van der Waals surface area contributed by atoms with E-state index in [0.29, 0.717) is 17.0 Å². The van der Waals surface area contributed by atoms with Crippen molar-refractivity contribution in [1.29, 1.82) is 0 Å². The molecule has 0 saturated heterocycles. The van der Waals surface area contributed by atoms with Crippen LogP contribution in [0.4, 0.5) is 0 Å². The number of carbonyl (C=O) groups excluding carboxylic acids is 2. The van der Waals surface area contributed by atoms with E-state index in [2.05, 4.69) is 0 Å². The molecule has 0 aliphatic rings. The Labute approximate surface area is 129 Å². The summed E-state index contributed by atoms with van der Waals surface area (Å²) >= 11 is 5.82. The Kier molecular flexibility index (Phi) is 5.07. The van der Waals surface area contributed by atoms with E-state index in [0.717, 1.165) is 11.1 Å². The fourth-order valence-corrected chi connectivity index (χ4v) is 2.10. The van der Waals surface area contributed by atoms with E-state index in [-0.39, 0.29) is 11.6 Å². The molecule has 106 valence electrons. The first-order valence-corrected chi connectivity index (χ1v) is 6.99. The number of hydrogen-bond donors (Lipinski definition) is 0. The molecule has 0 saturated carbocycles. The molecule has 0 spiro atoms. The van der Waals surface area contributed by atoms with Crippen LogP contribution in [-0.2, 0) is 11.2 Å². The van der Waals surface area contributed by atoms with E-state index < -0.39 is 0 Å². The first-order chi connectivity index (χ1) is 10.1. The second-order valence-electron chi connectivity index (χ2n) is 4.75. The van der Waals surface area contributed by atoms with Crippen LogP contribution >= 0.6 is 11.6 Å². The molecule has 2 nitrogen and oxygen atoms in total. The summed E-state index contributed by atoms with van der Waals surface area (Å²) in [5, 5.41) is 0.608. The highest BCUT2D eigenvalue weighted by Gasteiger charge is 2.09. The highest BCUT2D eigenvalue weighted by Crippen LogP contribution is 2.16. The Bertz CT molecular complexity index is 685. The molecule has 0 radical (unpaired) electrons. The number of hydrogen-bond acceptors (Lipinski definition) is 2. The van der Waals surface area contributed by atoms with Gasteiger partial charge in [-0.15, -0.1) is 0 Å². The molecule has 0 N–H and O–H groups in total. The number of carbonyl (C=O) groups is 2. The minimum atomic E-state index is -0.0196. The predicted molar refractivity (Wildman–Crippen MR) is 85.6 cm³/mol. The van der Waals surface area contributed by atoms with Gasteiger partial charge in [0.05, 0.1) is 0 Å². The molecule has 2 aromatic carbocycles. The van der Waals surface area contributed by atoms with E-state index in [1.54, 1.807) is 30.3 Å². The highest BCUT2D eigenvalue weighted by molar-refractivity contribution is 6.30. The second-order valence-corrected chi connectivity index (χ2v) is 5.19. The Morgan fingerprint density at radius 1 is 1.05 bits per heavy atom. The molecule has 0 amide bonds. The van der Waals surface area contributed by atoms with Crippen molar-refractivity contribution < 1.29 is 9.59 Å². The number of Topliss-reactive ketones (excluding diaryl/α,β-unsaturated/α-hetero) is 1. The molecular weight excluding hydrogens is 284 g/mol. The minimum absolute atomic E-state index is 0.0196. The molecule has 0 bridgehead atoms. The molecule has 0 aliphatic heterocycles. The van der Waals surface area contributed by atoms with Gasteiger partial charge < -0.3 is 0 Å². The zero-order valence-electron chi connectivity index (χ0n) is 11.7. The van der Waals surface area contributed by atoms with Gasteiger partial charge in [0.1, 0.15) is 0 Å². The lowest BCUT2D eigenvalue weighted by atomic mass is 9.98. The normalized spacial score (nSPS) is 10.8. The van der Waals surface area contributed by atoms with Crippen molar-refractivity contribution >= 4 is 29.2 Å². The highest BCUT2D eigenvalue weighted by atomic mass is 35.5. The standard InChI is InChI=1S/C18H15ClO2/c1-13(20)6-7-14-4-2-3-5-16(14)12-18(21)15-8-10-17(19)11-9-15/h2-11H,12H2,1H3/b7-6+. The molecule has 0 atom stereocenters. The van der Waals surface area contributed by atoms with Gasteiger partial charge in [0, 0.05) is 17.0 Å². The van der Waals surface area contributed by atoms with Gasteiger partial charge in [-0.25, -0.2) is 0 Å². The fraction of sp³-hybridized carbons (Fsp3) is 0.111. The molecule has 0 heterocycles. The molecule has 0 aromatic heterocycles. The monoisotopic (exact) mass is 298 g/mol. The first-order valence-electron chi connectivity index (χ1n) is 6.61. The van der Waals surface area contributed by atoms with Crippen LogP contribution in [0.25, 0.3) is 6.08 Å². The Hall–Kier alpha value is -2.19. The maximum Gasteiger partial charge on any atom is 0.167 e. The Balaban J connectivity index is 2.21. The summed E-state index contributed by atoms with van der Waals surface area (Å²) < 4.78 is 0. The summed E-state index contributed by atoms with van der Waals surface area (Å²) in [5.41, 5.74) is 2.41. The molecule has 0 unspecified atom stereocenters. The number of allylic oxidation sites excluding steroid dienone is 1. The molecule has 21 heavy (non-hydrogen) atoms. The van der Waals surface area contributed by atoms with Gasteiger partial charge in [-0.3, -0.25) is 9.59 Å². The Morgan fingerprint density at radius 3 is 2.38 bits per heavy atom. The average molecular weight is 299 g/mol. The molecular formula is C18H15ClO2. The van der Waals surface area contributed by atoms with Crippen molar-refractivity contribution in [3.8, 4) is 0 Å². The average Bonchev–Trinajstić information content (AvgIpc) is 2.47. The topological polar surface area (TPSA) is 34.1 Å². The van der Waals surface area contributed by atoms with Crippen molar-refractivity contribution in [3.05, 3.63) is 76.3 Å². The van der Waals surface area contributed by atoms with Gasteiger partial charge in [0.2, 0.25) is 0 Å². The van der Waals surface area contributed by atoms with Gasteiger partial charge >= 0.3 is 0 Å². The third-order valence-corrected chi connectivity index (χ3v) is 3.32. The van der Waals surface area contributed by atoms with Gasteiger partial charge in [-0.05, 0) is 48.4 Å². The summed E-state index contributed by atoms with van der Waals surface area (Å²) in [4.78, 5) is 23.3. The fourth-order valence-electron chi connectivity index (χ4n) is 1.98. The maximum absolute atomic E-state index is 12.3.